The zero-order chi connectivity index (χ0) is 20.5. The van der Waals surface area contributed by atoms with Gasteiger partial charge in [0.1, 0.15) is 6.10 Å². The van der Waals surface area contributed by atoms with Crippen LogP contribution in [0.3, 0.4) is 0 Å². The number of hydrogen-bond donors (Lipinski definition) is 2. The van der Waals surface area contributed by atoms with Crippen LogP contribution < -0.4 is 29.6 Å². The van der Waals surface area contributed by atoms with E-state index in [1.54, 1.807) is 14.2 Å². The van der Waals surface area contributed by atoms with Crippen LogP contribution >= 0.6 is 24.0 Å². The van der Waals surface area contributed by atoms with Gasteiger partial charge in [-0.15, -0.1) is 24.0 Å². The molecule has 0 saturated carbocycles. The Kier molecular flexibility index (Phi) is 9.85. The molecular weight excluding hydrogens is 497 g/mol. The molecule has 7 nitrogen and oxygen atoms in total. The summed E-state index contributed by atoms with van der Waals surface area (Å²) in [5.41, 5.74) is 1.09. The molecule has 0 aromatic heterocycles. The molecule has 1 atom stereocenters. The number of hydrogen-bond acceptors (Lipinski definition) is 5. The third-order valence-corrected chi connectivity index (χ3v) is 4.45. The molecule has 1 heterocycles. The van der Waals surface area contributed by atoms with E-state index in [0.717, 1.165) is 35.0 Å². The van der Waals surface area contributed by atoms with Crippen molar-refractivity contribution < 1.29 is 18.9 Å². The molecule has 0 bridgehead atoms. The van der Waals surface area contributed by atoms with Gasteiger partial charge >= 0.3 is 0 Å². The fourth-order valence-electron chi connectivity index (χ4n) is 2.94. The van der Waals surface area contributed by atoms with Crippen LogP contribution in [0.5, 0.6) is 23.0 Å². The molecule has 0 aliphatic carbocycles. The molecule has 0 spiro atoms. The molecule has 0 fully saturated rings. The van der Waals surface area contributed by atoms with Gasteiger partial charge in [-0.05, 0) is 36.8 Å². The smallest absolute Gasteiger partial charge is 0.191 e. The van der Waals surface area contributed by atoms with Gasteiger partial charge in [0.25, 0.3) is 0 Å². The van der Waals surface area contributed by atoms with Crippen molar-refractivity contribution in [3.63, 3.8) is 0 Å². The second kappa shape index (κ2) is 12.4. The summed E-state index contributed by atoms with van der Waals surface area (Å²) in [6.45, 7) is 4.58. The van der Waals surface area contributed by atoms with E-state index in [9.17, 15) is 0 Å². The van der Waals surface area contributed by atoms with E-state index in [0.29, 0.717) is 32.3 Å². The third kappa shape index (κ3) is 6.86. The fourth-order valence-corrected chi connectivity index (χ4v) is 2.94. The number of para-hydroxylation sites is 2. The number of guanidine groups is 1. The number of fused-ring (bicyclic) bond motifs is 1. The highest BCUT2D eigenvalue weighted by Crippen LogP contribution is 2.30. The second-order valence-electron chi connectivity index (χ2n) is 6.72. The molecule has 1 aliphatic heterocycles. The van der Waals surface area contributed by atoms with E-state index in [1.165, 1.54) is 0 Å². The predicted octanol–water partition coefficient (Wildman–Crippen LogP) is 3.61. The van der Waals surface area contributed by atoms with Gasteiger partial charge in [0.15, 0.2) is 29.0 Å². The Hall–Kier alpha value is -2.36. The normalized spacial score (nSPS) is 14.0. The molecule has 1 unspecified atom stereocenters. The highest BCUT2D eigenvalue weighted by molar-refractivity contribution is 14.0. The number of nitrogens with one attached hydrogen (secondary N) is 2. The van der Waals surface area contributed by atoms with Crippen LogP contribution in [0.4, 0.5) is 0 Å². The first kappa shape index (κ1) is 23.9. The van der Waals surface area contributed by atoms with Gasteiger partial charge in [-0.25, -0.2) is 0 Å². The van der Waals surface area contributed by atoms with Crippen LogP contribution in [-0.2, 0) is 6.54 Å². The predicted molar refractivity (Wildman–Crippen MR) is 129 cm³/mol. The van der Waals surface area contributed by atoms with E-state index in [2.05, 4.69) is 15.6 Å². The fraction of sp³-hybridized carbons (Fsp3) is 0.409. The second-order valence-corrected chi connectivity index (χ2v) is 6.72. The molecular formula is C22H30IN3O4. The molecule has 2 aromatic carbocycles. The van der Waals surface area contributed by atoms with Crippen molar-refractivity contribution in [2.45, 2.75) is 26.0 Å². The maximum atomic E-state index is 5.97. The van der Waals surface area contributed by atoms with Crippen molar-refractivity contribution in [3.05, 3.63) is 48.0 Å². The lowest BCUT2D eigenvalue weighted by Crippen LogP contribution is -2.41. The van der Waals surface area contributed by atoms with Crippen molar-refractivity contribution in [1.29, 1.82) is 0 Å². The topological polar surface area (TPSA) is 73.3 Å². The number of ether oxygens (including phenoxy) is 4. The van der Waals surface area contributed by atoms with Gasteiger partial charge < -0.3 is 29.6 Å². The van der Waals surface area contributed by atoms with Crippen molar-refractivity contribution in [2.24, 2.45) is 4.99 Å². The average molecular weight is 527 g/mol. The van der Waals surface area contributed by atoms with E-state index in [1.807, 2.05) is 49.4 Å². The van der Waals surface area contributed by atoms with Crippen LogP contribution in [0.1, 0.15) is 18.9 Å². The highest BCUT2D eigenvalue weighted by Gasteiger charge is 2.12. The van der Waals surface area contributed by atoms with Gasteiger partial charge in [0, 0.05) is 20.0 Å². The lowest BCUT2D eigenvalue weighted by Gasteiger charge is -2.19. The van der Waals surface area contributed by atoms with Crippen molar-refractivity contribution in [3.8, 4) is 23.0 Å². The lowest BCUT2D eigenvalue weighted by molar-refractivity contribution is 0.213. The van der Waals surface area contributed by atoms with Crippen LogP contribution in [0.25, 0.3) is 0 Å². The Morgan fingerprint density at radius 1 is 1.07 bits per heavy atom. The Labute approximate surface area is 195 Å². The van der Waals surface area contributed by atoms with Crippen molar-refractivity contribution in [2.75, 3.05) is 33.9 Å². The van der Waals surface area contributed by atoms with Gasteiger partial charge in [0.05, 0.1) is 26.9 Å². The molecule has 0 saturated heterocycles. The monoisotopic (exact) mass is 527 g/mol. The summed E-state index contributed by atoms with van der Waals surface area (Å²) in [5.74, 6) is 3.74. The summed E-state index contributed by atoms with van der Waals surface area (Å²) in [4.78, 5) is 4.28. The standard InChI is InChI=1S/C22H29N3O4.HI/c1-16(29-20-8-5-4-7-18(20)26-3)14-24-22(23-2)25-15-17-9-10-19-21(13-17)28-12-6-11-27-19;/h4-5,7-10,13,16H,6,11-12,14-15H2,1-3H3,(H2,23,24,25);1H. The van der Waals surface area contributed by atoms with Crippen molar-refractivity contribution in [1.82, 2.24) is 10.6 Å². The first-order chi connectivity index (χ1) is 14.2. The SMILES string of the molecule is CN=C(NCc1ccc2c(c1)OCCCO2)NCC(C)Oc1ccccc1OC.I. The maximum Gasteiger partial charge on any atom is 0.191 e. The van der Waals surface area contributed by atoms with Gasteiger partial charge in [-0.2, -0.15) is 0 Å². The Balaban J connectivity index is 0.00000320. The van der Waals surface area contributed by atoms with E-state index < -0.39 is 0 Å². The quantitative estimate of drug-likeness (QED) is 0.326. The number of rotatable bonds is 7. The number of benzene rings is 2. The summed E-state index contributed by atoms with van der Waals surface area (Å²) < 4.78 is 22.7. The van der Waals surface area contributed by atoms with Gasteiger partial charge in [-0.3, -0.25) is 4.99 Å². The molecule has 0 radical (unpaired) electrons. The van der Waals surface area contributed by atoms with E-state index in [4.69, 9.17) is 18.9 Å². The summed E-state index contributed by atoms with van der Waals surface area (Å²) >= 11 is 0. The molecule has 8 heteroatoms. The number of halogens is 1. The zero-order valence-corrected chi connectivity index (χ0v) is 20.0. The molecule has 3 rings (SSSR count). The molecule has 0 amide bonds. The minimum absolute atomic E-state index is 0. The van der Waals surface area contributed by atoms with Crippen LogP contribution in [0, 0.1) is 0 Å². The summed E-state index contributed by atoms with van der Waals surface area (Å²) in [5, 5.41) is 6.60. The highest BCUT2D eigenvalue weighted by atomic mass is 127. The Bertz CT molecular complexity index is 832. The maximum absolute atomic E-state index is 5.97. The van der Waals surface area contributed by atoms with Gasteiger partial charge in [-0.1, -0.05) is 18.2 Å². The zero-order valence-electron chi connectivity index (χ0n) is 17.6. The molecule has 164 valence electrons. The molecule has 30 heavy (non-hydrogen) atoms. The van der Waals surface area contributed by atoms with E-state index >= 15 is 0 Å². The lowest BCUT2D eigenvalue weighted by atomic mass is 10.2. The van der Waals surface area contributed by atoms with Crippen molar-refractivity contribution >= 4 is 29.9 Å². The van der Waals surface area contributed by atoms with Gasteiger partial charge in [0.2, 0.25) is 0 Å². The van der Waals surface area contributed by atoms with E-state index in [-0.39, 0.29) is 30.1 Å². The van der Waals surface area contributed by atoms with Crippen LogP contribution in [-0.4, -0.2) is 46.0 Å². The number of aliphatic imine (C=N–C) groups is 1. The molecule has 1 aliphatic rings. The first-order valence-electron chi connectivity index (χ1n) is 9.82. The van der Waals surface area contributed by atoms with Crippen LogP contribution in [0.15, 0.2) is 47.5 Å². The molecule has 2 aromatic rings. The largest absolute Gasteiger partial charge is 0.493 e. The number of methoxy groups -OCH3 is 1. The molecule has 2 N–H and O–H groups in total. The summed E-state index contributed by atoms with van der Waals surface area (Å²) in [7, 11) is 3.38. The Morgan fingerprint density at radius 2 is 1.80 bits per heavy atom. The third-order valence-electron chi connectivity index (χ3n) is 4.45. The first-order valence-corrected chi connectivity index (χ1v) is 9.82. The number of nitrogens with zero attached hydrogens (tertiary/aromatic N) is 1. The van der Waals surface area contributed by atoms with Crippen LogP contribution in [0.2, 0.25) is 0 Å². The summed E-state index contributed by atoms with van der Waals surface area (Å²) in [6.07, 6.45) is 0.830. The Morgan fingerprint density at radius 3 is 2.53 bits per heavy atom. The summed E-state index contributed by atoms with van der Waals surface area (Å²) in [6, 6.07) is 13.6. The minimum atomic E-state index is -0.0668. The minimum Gasteiger partial charge on any atom is -0.493 e. The average Bonchev–Trinajstić information content (AvgIpc) is 2.99.